The number of rotatable bonds is 7. The van der Waals surface area contributed by atoms with Gasteiger partial charge in [-0.25, -0.2) is 0 Å². The Hall–Kier alpha value is -0.340. The molecule has 96 valence electrons. The fourth-order valence-corrected chi connectivity index (χ4v) is 2.63. The number of nitrogens with zero attached hydrogens (tertiary/aromatic N) is 1. The van der Waals surface area contributed by atoms with Crippen molar-refractivity contribution in [3.8, 4) is 0 Å². The summed E-state index contributed by atoms with van der Waals surface area (Å²) in [5.41, 5.74) is 1.42. The second-order valence-electron chi connectivity index (χ2n) is 4.67. The minimum atomic E-state index is 0.626. The van der Waals surface area contributed by atoms with E-state index in [1.54, 1.807) is 0 Å². The molecule has 0 aliphatic carbocycles. The molecule has 0 bridgehead atoms. The van der Waals surface area contributed by atoms with Crippen LogP contribution in [0.4, 0.5) is 0 Å². The van der Waals surface area contributed by atoms with Crippen LogP contribution < -0.4 is 0 Å². The van der Waals surface area contributed by atoms with Gasteiger partial charge in [0.1, 0.15) is 0 Å². The van der Waals surface area contributed by atoms with E-state index in [4.69, 9.17) is 0 Å². The lowest BCUT2D eigenvalue weighted by Gasteiger charge is -2.27. The molecule has 1 unspecified atom stereocenters. The van der Waals surface area contributed by atoms with E-state index in [0.29, 0.717) is 6.04 Å². The molecule has 1 nitrogen and oxygen atoms in total. The molecule has 0 amide bonds. The Morgan fingerprint density at radius 2 is 2.06 bits per heavy atom. The molecule has 17 heavy (non-hydrogen) atoms. The Bertz CT molecular complexity index is 324. The van der Waals surface area contributed by atoms with Crippen molar-refractivity contribution in [2.45, 2.75) is 46.1 Å². The van der Waals surface area contributed by atoms with Gasteiger partial charge in [-0.15, -0.1) is 0 Å². The fraction of sp³-hybridized carbons (Fsp3) is 0.600. The van der Waals surface area contributed by atoms with Crippen LogP contribution in [0.15, 0.2) is 28.7 Å². The van der Waals surface area contributed by atoms with Crippen LogP contribution in [0.3, 0.4) is 0 Å². The maximum Gasteiger partial charge on any atom is 0.0178 e. The van der Waals surface area contributed by atoms with Crippen LogP contribution in [-0.2, 0) is 6.42 Å². The maximum absolute atomic E-state index is 3.53. The van der Waals surface area contributed by atoms with Crippen LogP contribution in [0.5, 0.6) is 0 Å². The van der Waals surface area contributed by atoms with Crippen molar-refractivity contribution < 1.29 is 0 Å². The van der Waals surface area contributed by atoms with Crippen LogP contribution in [-0.4, -0.2) is 24.0 Å². The monoisotopic (exact) mass is 297 g/mol. The minimum absolute atomic E-state index is 0.626. The molecule has 1 aromatic rings. The predicted molar refractivity (Wildman–Crippen MR) is 79.5 cm³/mol. The standard InChI is InChI=1S/C15H24BrN/c1-4-6-10-17(5-2)13(3)11-14-8-7-9-15(16)12-14/h7-9,12-13H,4-6,10-11H2,1-3H3. The lowest BCUT2D eigenvalue weighted by atomic mass is 10.1. The molecule has 0 radical (unpaired) electrons. The number of halogens is 1. The molecule has 2 heteroatoms. The van der Waals surface area contributed by atoms with Gasteiger partial charge in [0.15, 0.2) is 0 Å². The van der Waals surface area contributed by atoms with Gasteiger partial charge in [-0.2, -0.15) is 0 Å². The average Bonchev–Trinajstić information content (AvgIpc) is 2.30. The van der Waals surface area contributed by atoms with E-state index in [2.05, 4.69) is 65.9 Å². The highest BCUT2D eigenvalue weighted by atomic mass is 79.9. The summed E-state index contributed by atoms with van der Waals surface area (Å²) in [5, 5.41) is 0. The van der Waals surface area contributed by atoms with Crippen molar-refractivity contribution in [1.29, 1.82) is 0 Å². The van der Waals surface area contributed by atoms with Gasteiger partial charge in [-0.1, -0.05) is 48.3 Å². The van der Waals surface area contributed by atoms with Gasteiger partial charge in [0.25, 0.3) is 0 Å². The molecule has 0 aromatic heterocycles. The van der Waals surface area contributed by atoms with Gasteiger partial charge in [0.2, 0.25) is 0 Å². The zero-order valence-electron chi connectivity index (χ0n) is 11.2. The van der Waals surface area contributed by atoms with E-state index in [9.17, 15) is 0 Å². The summed E-state index contributed by atoms with van der Waals surface area (Å²) in [5.74, 6) is 0. The maximum atomic E-state index is 3.53. The molecule has 0 saturated heterocycles. The fourth-order valence-electron chi connectivity index (χ4n) is 2.19. The third-order valence-corrected chi connectivity index (χ3v) is 3.74. The van der Waals surface area contributed by atoms with E-state index in [1.807, 2.05) is 0 Å². The van der Waals surface area contributed by atoms with E-state index in [1.165, 1.54) is 29.4 Å². The average molecular weight is 298 g/mol. The van der Waals surface area contributed by atoms with Gasteiger partial charge < -0.3 is 4.90 Å². The van der Waals surface area contributed by atoms with Crippen LogP contribution in [0.1, 0.15) is 39.2 Å². The molecule has 0 heterocycles. The van der Waals surface area contributed by atoms with Crippen LogP contribution in [0, 0.1) is 0 Å². The Labute approximate surface area is 114 Å². The second kappa shape index (κ2) is 7.88. The first-order valence-electron chi connectivity index (χ1n) is 6.65. The topological polar surface area (TPSA) is 3.24 Å². The van der Waals surface area contributed by atoms with E-state index in [-0.39, 0.29) is 0 Å². The third kappa shape index (κ3) is 5.22. The van der Waals surface area contributed by atoms with Crippen molar-refractivity contribution in [3.63, 3.8) is 0 Å². The van der Waals surface area contributed by atoms with Crippen LogP contribution >= 0.6 is 15.9 Å². The molecule has 1 atom stereocenters. The Morgan fingerprint density at radius 3 is 2.65 bits per heavy atom. The quantitative estimate of drug-likeness (QED) is 0.716. The molecular weight excluding hydrogens is 274 g/mol. The molecule has 1 aromatic carbocycles. The zero-order valence-corrected chi connectivity index (χ0v) is 12.8. The molecule has 0 N–H and O–H groups in total. The highest BCUT2D eigenvalue weighted by Crippen LogP contribution is 2.15. The smallest absolute Gasteiger partial charge is 0.0178 e. The van der Waals surface area contributed by atoms with Gasteiger partial charge in [0.05, 0.1) is 0 Å². The minimum Gasteiger partial charge on any atom is -0.301 e. The summed E-state index contributed by atoms with van der Waals surface area (Å²) >= 11 is 3.53. The van der Waals surface area contributed by atoms with Crippen molar-refractivity contribution in [1.82, 2.24) is 4.90 Å². The van der Waals surface area contributed by atoms with E-state index >= 15 is 0 Å². The van der Waals surface area contributed by atoms with Crippen molar-refractivity contribution in [3.05, 3.63) is 34.3 Å². The number of hydrogen-bond donors (Lipinski definition) is 0. The van der Waals surface area contributed by atoms with E-state index < -0.39 is 0 Å². The molecule has 0 aliphatic rings. The summed E-state index contributed by atoms with van der Waals surface area (Å²) in [6.07, 6.45) is 3.72. The number of likely N-dealkylation sites (N-methyl/N-ethyl adjacent to an activating group) is 1. The van der Waals surface area contributed by atoms with Crippen molar-refractivity contribution in [2.75, 3.05) is 13.1 Å². The van der Waals surface area contributed by atoms with Crippen LogP contribution in [0.2, 0.25) is 0 Å². The third-order valence-electron chi connectivity index (χ3n) is 3.25. The van der Waals surface area contributed by atoms with E-state index in [0.717, 1.165) is 13.0 Å². The number of benzene rings is 1. The lowest BCUT2D eigenvalue weighted by molar-refractivity contribution is 0.215. The highest BCUT2D eigenvalue weighted by Gasteiger charge is 2.11. The SMILES string of the molecule is CCCCN(CC)C(C)Cc1cccc(Br)c1. The first-order chi connectivity index (χ1) is 8.17. The van der Waals surface area contributed by atoms with Gasteiger partial charge in [0, 0.05) is 10.5 Å². The first kappa shape index (κ1) is 14.7. The molecule has 0 spiro atoms. The Balaban J connectivity index is 2.54. The summed E-state index contributed by atoms with van der Waals surface area (Å²) in [6, 6.07) is 9.27. The predicted octanol–water partition coefficient (Wildman–Crippen LogP) is 4.50. The molecule has 0 fully saturated rings. The number of unbranched alkanes of at least 4 members (excludes halogenated alkanes) is 1. The summed E-state index contributed by atoms with van der Waals surface area (Å²) < 4.78 is 1.18. The van der Waals surface area contributed by atoms with Crippen molar-refractivity contribution in [2.24, 2.45) is 0 Å². The second-order valence-corrected chi connectivity index (χ2v) is 5.58. The summed E-state index contributed by atoms with van der Waals surface area (Å²) in [4.78, 5) is 2.57. The van der Waals surface area contributed by atoms with Gasteiger partial charge >= 0.3 is 0 Å². The van der Waals surface area contributed by atoms with Crippen LogP contribution in [0.25, 0.3) is 0 Å². The Morgan fingerprint density at radius 1 is 1.29 bits per heavy atom. The molecule has 1 rings (SSSR count). The van der Waals surface area contributed by atoms with Crippen molar-refractivity contribution >= 4 is 15.9 Å². The van der Waals surface area contributed by atoms with Gasteiger partial charge in [-0.05, 0) is 50.6 Å². The molecule has 0 saturated carbocycles. The largest absolute Gasteiger partial charge is 0.301 e. The number of hydrogen-bond acceptors (Lipinski definition) is 1. The summed E-state index contributed by atoms with van der Waals surface area (Å²) in [7, 11) is 0. The molecular formula is C15H24BrN. The normalized spacial score (nSPS) is 13.0. The first-order valence-corrected chi connectivity index (χ1v) is 7.45. The molecule has 0 aliphatic heterocycles. The summed E-state index contributed by atoms with van der Waals surface area (Å²) in [6.45, 7) is 9.22. The Kier molecular flexibility index (Phi) is 6.83. The lowest BCUT2D eigenvalue weighted by Crippen LogP contribution is -2.35. The zero-order chi connectivity index (χ0) is 12.7. The highest BCUT2D eigenvalue weighted by molar-refractivity contribution is 9.10. The van der Waals surface area contributed by atoms with Gasteiger partial charge in [-0.3, -0.25) is 0 Å².